The highest BCUT2D eigenvalue weighted by Gasteiger charge is 2.31. The van der Waals surface area contributed by atoms with E-state index in [1.54, 1.807) is 43.3 Å². The molecule has 0 fully saturated rings. The summed E-state index contributed by atoms with van der Waals surface area (Å²) >= 11 is 0. The Bertz CT molecular complexity index is 857. The second kappa shape index (κ2) is 8.56. The summed E-state index contributed by atoms with van der Waals surface area (Å²) < 4.78 is 38.2. The minimum absolute atomic E-state index is 0.0831. The van der Waals surface area contributed by atoms with Gasteiger partial charge in [-0.05, 0) is 50.0 Å². The van der Waals surface area contributed by atoms with Gasteiger partial charge in [0.2, 0.25) is 5.91 Å². The van der Waals surface area contributed by atoms with Crippen molar-refractivity contribution in [2.24, 2.45) is 0 Å². The minimum atomic E-state index is -4.50. The van der Waals surface area contributed by atoms with Crippen LogP contribution in [0.5, 0.6) is 0 Å². The van der Waals surface area contributed by atoms with Crippen molar-refractivity contribution in [3.8, 4) is 6.07 Å². The van der Waals surface area contributed by atoms with E-state index < -0.39 is 11.7 Å². The molecule has 2 N–H and O–H groups in total. The number of carbonyl (C=O) groups excluding carboxylic acids is 1. The quantitative estimate of drug-likeness (QED) is 0.807. The monoisotopic (exact) mass is 376 g/mol. The zero-order chi connectivity index (χ0) is 20.0. The first-order valence-electron chi connectivity index (χ1n) is 8.08. The molecule has 0 aliphatic rings. The van der Waals surface area contributed by atoms with Gasteiger partial charge in [0.15, 0.2) is 0 Å². The first kappa shape index (κ1) is 20.3. The van der Waals surface area contributed by atoms with Gasteiger partial charge in [0.1, 0.15) is 6.07 Å². The van der Waals surface area contributed by atoms with Crippen LogP contribution >= 0.6 is 0 Å². The second-order valence-corrected chi connectivity index (χ2v) is 6.21. The molecule has 142 valence electrons. The summed E-state index contributed by atoms with van der Waals surface area (Å²) in [4.78, 5) is 13.6. The smallest absolute Gasteiger partial charge is 0.380 e. The Hall–Kier alpha value is -3.05. The molecule has 0 aliphatic carbocycles. The highest BCUT2D eigenvalue weighted by atomic mass is 19.4. The van der Waals surface area contributed by atoms with Crippen LogP contribution in [-0.2, 0) is 17.5 Å². The molecule has 0 unspecified atom stereocenters. The standard InChI is InChI=1S/C19H19F3N4O/c1-26(2)12-18(27)25-16-5-3-4-13(8-16)11-24-17-7-6-15(19(20,21)22)9-14(17)10-23/h3-9,24H,11-12H2,1-2H3,(H,25,27). The summed E-state index contributed by atoms with van der Waals surface area (Å²) in [6.07, 6.45) is -4.50. The van der Waals surface area contributed by atoms with Crippen molar-refractivity contribution < 1.29 is 18.0 Å². The van der Waals surface area contributed by atoms with Crippen molar-refractivity contribution in [1.29, 1.82) is 5.26 Å². The third-order valence-electron chi connectivity index (χ3n) is 3.62. The number of anilines is 2. The average molecular weight is 376 g/mol. The molecule has 0 aromatic heterocycles. The zero-order valence-corrected chi connectivity index (χ0v) is 14.9. The molecule has 0 spiro atoms. The molecule has 0 saturated carbocycles. The maximum Gasteiger partial charge on any atom is 0.416 e. The van der Waals surface area contributed by atoms with Crippen LogP contribution < -0.4 is 10.6 Å². The highest BCUT2D eigenvalue weighted by Crippen LogP contribution is 2.31. The molecular formula is C19H19F3N4O. The zero-order valence-electron chi connectivity index (χ0n) is 14.9. The van der Waals surface area contributed by atoms with Crippen molar-refractivity contribution in [2.45, 2.75) is 12.7 Å². The Morgan fingerprint density at radius 3 is 2.56 bits per heavy atom. The molecule has 27 heavy (non-hydrogen) atoms. The van der Waals surface area contributed by atoms with Crippen LogP contribution in [-0.4, -0.2) is 31.4 Å². The van der Waals surface area contributed by atoms with Gasteiger partial charge in [0, 0.05) is 12.2 Å². The van der Waals surface area contributed by atoms with Crippen LogP contribution in [0.15, 0.2) is 42.5 Å². The maximum atomic E-state index is 12.7. The molecule has 0 saturated heterocycles. The lowest BCUT2D eigenvalue weighted by Crippen LogP contribution is -2.27. The Balaban J connectivity index is 2.08. The number of nitriles is 1. The van der Waals surface area contributed by atoms with Gasteiger partial charge < -0.3 is 15.5 Å². The van der Waals surface area contributed by atoms with E-state index in [1.165, 1.54) is 6.07 Å². The van der Waals surface area contributed by atoms with Crippen molar-refractivity contribution in [3.05, 3.63) is 59.2 Å². The van der Waals surface area contributed by atoms with Crippen LogP contribution in [0.4, 0.5) is 24.5 Å². The van der Waals surface area contributed by atoms with E-state index in [4.69, 9.17) is 5.26 Å². The molecule has 0 aliphatic heterocycles. The molecule has 1 amide bonds. The molecule has 0 atom stereocenters. The molecular weight excluding hydrogens is 357 g/mol. The molecule has 5 nitrogen and oxygen atoms in total. The lowest BCUT2D eigenvalue weighted by Gasteiger charge is -2.13. The van der Waals surface area contributed by atoms with Crippen LogP contribution in [0.2, 0.25) is 0 Å². The Morgan fingerprint density at radius 2 is 1.93 bits per heavy atom. The minimum Gasteiger partial charge on any atom is -0.380 e. The number of benzene rings is 2. The number of alkyl halides is 3. The van der Waals surface area contributed by atoms with E-state index in [9.17, 15) is 18.0 Å². The summed E-state index contributed by atoms with van der Waals surface area (Å²) in [7, 11) is 3.58. The largest absolute Gasteiger partial charge is 0.416 e. The van der Waals surface area contributed by atoms with Gasteiger partial charge in [-0.15, -0.1) is 0 Å². The number of hydrogen-bond donors (Lipinski definition) is 2. The van der Waals surface area contributed by atoms with Gasteiger partial charge in [-0.2, -0.15) is 18.4 Å². The fraction of sp³-hybridized carbons (Fsp3) is 0.263. The summed E-state index contributed by atoms with van der Waals surface area (Å²) in [5.74, 6) is -0.153. The van der Waals surface area contributed by atoms with E-state index >= 15 is 0 Å². The van der Waals surface area contributed by atoms with Gasteiger partial charge in [0.05, 0.1) is 23.4 Å². The summed E-state index contributed by atoms with van der Waals surface area (Å²) in [6.45, 7) is 0.539. The SMILES string of the molecule is CN(C)CC(=O)Nc1cccc(CNc2ccc(C(F)(F)F)cc2C#N)c1. The Kier molecular flexibility index (Phi) is 6.42. The third-order valence-corrected chi connectivity index (χ3v) is 3.62. The van der Waals surface area contributed by atoms with Crippen molar-refractivity contribution in [2.75, 3.05) is 31.3 Å². The normalized spacial score (nSPS) is 11.1. The number of nitrogens with zero attached hydrogens (tertiary/aromatic N) is 2. The van der Waals surface area contributed by atoms with E-state index in [0.717, 1.165) is 17.7 Å². The lowest BCUT2D eigenvalue weighted by molar-refractivity contribution is -0.137. The van der Waals surface area contributed by atoms with Crippen molar-refractivity contribution in [3.63, 3.8) is 0 Å². The fourth-order valence-electron chi connectivity index (χ4n) is 2.41. The lowest BCUT2D eigenvalue weighted by atomic mass is 10.1. The molecule has 2 rings (SSSR count). The molecule has 2 aromatic rings. The maximum absolute atomic E-state index is 12.7. The summed E-state index contributed by atoms with van der Waals surface area (Å²) in [5.41, 5.74) is 0.790. The number of rotatable bonds is 6. The number of halogens is 3. The Morgan fingerprint density at radius 1 is 1.19 bits per heavy atom. The second-order valence-electron chi connectivity index (χ2n) is 6.21. The first-order valence-corrected chi connectivity index (χ1v) is 8.08. The van der Waals surface area contributed by atoms with Gasteiger partial charge >= 0.3 is 6.18 Å². The summed E-state index contributed by atoms with van der Waals surface area (Å²) in [5, 5.41) is 14.8. The van der Waals surface area contributed by atoms with Crippen LogP contribution in [0, 0.1) is 11.3 Å². The highest BCUT2D eigenvalue weighted by molar-refractivity contribution is 5.92. The average Bonchev–Trinajstić information content (AvgIpc) is 2.58. The van der Waals surface area contributed by atoms with Gasteiger partial charge in [0.25, 0.3) is 0 Å². The molecule has 0 bridgehead atoms. The predicted molar refractivity (Wildman–Crippen MR) is 97.1 cm³/mol. The fourth-order valence-corrected chi connectivity index (χ4v) is 2.41. The number of amides is 1. The molecule has 2 aromatic carbocycles. The van der Waals surface area contributed by atoms with E-state index in [-0.39, 0.29) is 24.6 Å². The van der Waals surface area contributed by atoms with Gasteiger partial charge in [-0.25, -0.2) is 0 Å². The topological polar surface area (TPSA) is 68.2 Å². The van der Waals surface area contributed by atoms with E-state index in [2.05, 4.69) is 10.6 Å². The van der Waals surface area contributed by atoms with Gasteiger partial charge in [-0.1, -0.05) is 12.1 Å². The Labute approximate surface area is 155 Å². The van der Waals surface area contributed by atoms with Gasteiger partial charge in [-0.3, -0.25) is 4.79 Å². The van der Waals surface area contributed by atoms with E-state index in [1.807, 2.05) is 6.07 Å². The number of hydrogen-bond acceptors (Lipinski definition) is 4. The van der Waals surface area contributed by atoms with Crippen LogP contribution in [0.1, 0.15) is 16.7 Å². The molecule has 0 heterocycles. The summed E-state index contributed by atoms with van der Waals surface area (Å²) in [6, 6.07) is 11.8. The number of likely N-dealkylation sites (N-methyl/N-ethyl adjacent to an activating group) is 1. The predicted octanol–water partition coefficient (Wildman–Crippen LogP) is 3.69. The molecule has 8 heteroatoms. The number of carbonyl (C=O) groups is 1. The van der Waals surface area contributed by atoms with E-state index in [0.29, 0.717) is 11.4 Å². The number of nitrogens with one attached hydrogen (secondary N) is 2. The third kappa shape index (κ3) is 6.01. The molecule has 0 radical (unpaired) electrons. The van der Waals surface area contributed by atoms with Crippen molar-refractivity contribution >= 4 is 17.3 Å². The van der Waals surface area contributed by atoms with Crippen LogP contribution in [0.3, 0.4) is 0 Å². The van der Waals surface area contributed by atoms with Crippen molar-refractivity contribution in [1.82, 2.24) is 4.90 Å². The van der Waals surface area contributed by atoms with Crippen LogP contribution in [0.25, 0.3) is 0 Å². The first-order chi connectivity index (χ1) is 12.7.